The van der Waals surface area contributed by atoms with E-state index in [0.717, 1.165) is 18.5 Å². The Bertz CT molecular complexity index is 533. The van der Waals surface area contributed by atoms with Gasteiger partial charge in [0.25, 0.3) is 5.89 Å². The van der Waals surface area contributed by atoms with Crippen LogP contribution in [0, 0.1) is 0 Å². The van der Waals surface area contributed by atoms with Crippen LogP contribution in [0.3, 0.4) is 0 Å². The fraction of sp³-hybridized carbons (Fsp3) is 0.429. The van der Waals surface area contributed by atoms with Gasteiger partial charge in [0.2, 0.25) is 0 Å². The number of rotatable bonds is 3. The third kappa shape index (κ3) is 2.67. The summed E-state index contributed by atoms with van der Waals surface area (Å²) in [5.41, 5.74) is 0.115. The lowest BCUT2D eigenvalue weighted by Crippen LogP contribution is -2.43. The quantitative estimate of drug-likeness (QED) is 0.867. The average Bonchev–Trinajstić information content (AvgIpc) is 2.90. The highest BCUT2D eigenvalue weighted by molar-refractivity contribution is 5.18. The van der Waals surface area contributed by atoms with Crippen LogP contribution in [0.25, 0.3) is 0 Å². The van der Waals surface area contributed by atoms with E-state index in [4.69, 9.17) is 4.52 Å². The number of β-amino-alcohol motifs (C(OH)–C–C–N with tert-alkyl or cyclic N) is 1. The minimum absolute atomic E-state index is 0.325. The maximum Gasteiger partial charge on any atom is 0.259 e. The van der Waals surface area contributed by atoms with Crippen LogP contribution >= 0.6 is 0 Å². The Labute approximate surface area is 111 Å². The topological polar surface area (TPSA) is 71.2 Å². The molecule has 0 spiro atoms. The van der Waals surface area contributed by atoms with Crippen LogP contribution in [-0.2, 0) is 12.0 Å². The first-order valence-electron chi connectivity index (χ1n) is 6.56. The molecule has 2 heterocycles. The minimum Gasteiger partial charge on any atom is -0.379 e. The molecule has 0 radical (unpaired) electrons. The first kappa shape index (κ1) is 12.3. The van der Waals surface area contributed by atoms with E-state index in [-0.39, 0.29) is 0 Å². The maximum atomic E-state index is 10.5. The summed E-state index contributed by atoms with van der Waals surface area (Å²) in [6.07, 6.45) is 2.19. The van der Waals surface area contributed by atoms with Crippen molar-refractivity contribution in [3.05, 3.63) is 47.6 Å². The van der Waals surface area contributed by atoms with E-state index in [2.05, 4.69) is 15.5 Å². The summed E-state index contributed by atoms with van der Waals surface area (Å²) in [6.45, 7) is 1.40. The molecule has 2 N–H and O–H groups in total. The maximum absolute atomic E-state index is 10.5. The van der Waals surface area contributed by atoms with Crippen molar-refractivity contribution in [2.45, 2.75) is 24.9 Å². The molecule has 5 nitrogen and oxygen atoms in total. The van der Waals surface area contributed by atoms with Gasteiger partial charge in [0.15, 0.2) is 11.4 Å². The van der Waals surface area contributed by atoms with E-state index in [0.29, 0.717) is 31.1 Å². The van der Waals surface area contributed by atoms with Crippen LogP contribution in [0.4, 0.5) is 0 Å². The largest absolute Gasteiger partial charge is 0.379 e. The SMILES string of the molecule is OC1(c2nc(Cc3ccccc3)no2)CCCNC1. The number of nitrogens with zero attached hydrogens (tertiary/aromatic N) is 2. The lowest BCUT2D eigenvalue weighted by atomic mass is 9.94. The van der Waals surface area contributed by atoms with Crippen molar-refractivity contribution in [1.82, 2.24) is 15.5 Å². The van der Waals surface area contributed by atoms with Crippen LogP contribution in [0.15, 0.2) is 34.9 Å². The Morgan fingerprint density at radius 3 is 2.89 bits per heavy atom. The van der Waals surface area contributed by atoms with Gasteiger partial charge in [-0.2, -0.15) is 4.98 Å². The Morgan fingerprint density at radius 2 is 2.16 bits per heavy atom. The van der Waals surface area contributed by atoms with Gasteiger partial charge in [-0.25, -0.2) is 0 Å². The number of piperidine rings is 1. The molecule has 0 saturated carbocycles. The molecule has 1 saturated heterocycles. The highest BCUT2D eigenvalue weighted by Crippen LogP contribution is 2.26. The second-order valence-electron chi connectivity index (χ2n) is 4.99. The van der Waals surface area contributed by atoms with Gasteiger partial charge < -0.3 is 14.9 Å². The zero-order chi connectivity index (χ0) is 13.1. The van der Waals surface area contributed by atoms with E-state index < -0.39 is 5.60 Å². The molecule has 0 aliphatic carbocycles. The van der Waals surface area contributed by atoms with Crippen LogP contribution in [0.2, 0.25) is 0 Å². The van der Waals surface area contributed by atoms with Gasteiger partial charge in [-0.3, -0.25) is 0 Å². The van der Waals surface area contributed by atoms with Gasteiger partial charge >= 0.3 is 0 Å². The highest BCUT2D eigenvalue weighted by atomic mass is 16.5. The van der Waals surface area contributed by atoms with Gasteiger partial charge in [0, 0.05) is 13.0 Å². The van der Waals surface area contributed by atoms with Crippen molar-refractivity contribution < 1.29 is 9.63 Å². The van der Waals surface area contributed by atoms with E-state index in [9.17, 15) is 5.11 Å². The lowest BCUT2D eigenvalue weighted by molar-refractivity contribution is -0.0167. The van der Waals surface area contributed by atoms with Gasteiger partial charge in [-0.1, -0.05) is 35.5 Å². The zero-order valence-electron chi connectivity index (χ0n) is 10.7. The van der Waals surface area contributed by atoms with E-state index >= 15 is 0 Å². The van der Waals surface area contributed by atoms with Crippen LogP contribution in [0.1, 0.15) is 30.1 Å². The Morgan fingerprint density at radius 1 is 1.32 bits per heavy atom. The van der Waals surface area contributed by atoms with Crippen molar-refractivity contribution in [2.24, 2.45) is 0 Å². The van der Waals surface area contributed by atoms with Crippen molar-refractivity contribution in [2.75, 3.05) is 13.1 Å². The second kappa shape index (κ2) is 5.11. The third-order valence-corrected chi connectivity index (χ3v) is 3.43. The molecular weight excluding hydrogens is 242 g/mol. The Kier molecular flexibility index (Phi) is 3.31. The van der Waals surface area contributed by atoms with E-state index in [1.807, 2.05) is 30.3 Å². The summed E-state index contributed by atoms with van der Waals surface area (Å²) in [5, 5.41) is 17.6. The molecule has 1 atom stereocenters. The second-order valence-corrected chi connectivity index (χ2v) is 4.99. The third-order valence-electron chi connectivity index (χ3n) is 3.43. The first-order chi connectivity index (χ1) is 9.26. The smallest absolute Gasteiger partial charge is 0.259 e. The van der Waals surface area contributed by atoms with Gasteiger partial charge in [0.05, 0.1) is 0 Å². The monoisotopic (exact) mass is 259 g/mol. The molecule has 0 bridgehead atoms. The van der Waals surface area contributed by atoms with Crippen molar-refractivity contribution >= 4 is 0 Å². The molecule has 0 amide bonds. The molecular formula is C14H17N3O2. The standard InChI is InChI=1S/C14H17N3O2/c18-14(7-4-8-15-10-14)13-16-12(17-19-13)9-11-5-2-1-3-6-11/h1-3,5-6,15,18H,4,7-10H2. The van der Waals surface area contributed by atoms with Gasteiger partial charge in [-0.05, 0) is 24.9 Å². The predicted octanol–water partition coefficient (Wildman–Crippen LogP) is 1.23. The van der Waals surface area contributed by atoms with E-state index in [1.54, 1.807) is 0 Å². The predicted molar refractivity (Wildman–Crippen MR) is 69.5 cm³/mol. The summed E-state index contributed by atoms with van der Waals surface area (Å²) < 4.78 is 5.23. The van der Waals surface area contributed by atoms with Crippen LogP contribution in [-0.4, -0.2) is 28.3 Å². The van der Waals surface area contributed by atoms with E-state index in [1.165, 1.54) is 0 Å². The summed E-state index contributed by atoms with van der Waals surface area (Å²) in [7, 11) is 0. The van der Waals surface area contributed by atoms with Crippen molar-refractivity contribution in [3.63, 3.8) is 0 Å². The molecule has 1 aliphatic heterocycles. The minimum atomic E-state index is -1.01. The van der Waals surface area contributed by atoms with Crippen molar-refractivity contribution in [3.8, 4) is 0 Å². The molecule has 1 fully saturated rings. The molecule has 1 aromatic heterocycles. The lowest BCUT2D eigenvalue weighted by Gasteiger charge is -2.28. The highest BCUT2D eigenvalue weighted by Gasteiger charge is 2.36. The number of aliphatic hydroxyl groups is 1. The zero-order valence-corrected chi connectivity index (χ0v) is 10.7. The number of aromatic nitrogens is 2. The fourth-order valence-electron chi connectivity index (χ4n) is 2.37. The summed E-state index contributed by atoms with van der Waals surface area (Å²) in [6, 6.07) is 9.98. The molecule has 1 aliphatic rings. The normalized spacial score (nSPS) is 23.4. The van der Waals surface area contributed by atoms with Gasteiger partial charge in [-0.15, -0.1) is 0 Å². The number of nitrogens with one attached hydrogen (secondary N) is 1. The van der Waals surface area contributed by atoms with Crippen LogP contribution < -0.4 is 5.32 Å². The summed E-state index contributed by atoms with van der Waals surface area (Å²) in [5.74, 6) is 0.936. The number of benzene rings is 1. The summed E-state index contributed by atoms with van der Waals surface area (Å²) >= 11 is 0. The average molecular weight is 259 g/mol. The number of hydrogen-bond donors (Lipinski definition) is 2. The molecule has 1 aromatic carbocycles. The molecule has 5 heteroatoms. The molecule has 1 unspecified atom stereocenters. The number of hydrogen-bond acceptors (Lipinski definition) is 5. The fourth-order valence-corrected chi connectivity index (χ4v) is 2.37. The van der Waals surface area contributed by atoms with Gasteiger partial charge in [0.1, 0.15) is 0 Å². The molecule has 100 valence electrons. The summed E-state index contributed by atoms with van der Waals surface area (Å²) in [4.78, 5) is 4.33. The molecule has 2 aromatic rings. The first-order valence-corrected chi connectivity index (χ1v) is 6.56. The Hall–Kier alpha value is -1.72. The molecule has 3 rings (SSSR count). The van der Waals surface area contributed by atoms with Crippen molar-refractivity contribution in [1.29, 1.82) is 0 Å². The molecule has 19 heavy (non-hydrogen) atoms. The Balaban J connectivity index is 1.76. The van der Waals surface area contributed by atoms with Crippen LogP contribution in [0.5, 0.6) is 0 Å².